The molecule has 1 unspecified atom stereocenters. The Morgan fingerprint density at radius 1 is 1.39 bits per heavy atom. The van der Waals surface area contributed by atoms with Gasteiger partial charge in [0.15, 0.2) is 0 Å². The molecule has 0 aliphatic carbocycles. The van der Waals surface area contributed by atoms with Crippen LogP contribution in [0.1, 0.15) is 42.5 Å². The van der Waals surface area contributed by atoms with Crippen molar-refractivity contribution in [2.45, 2.75) is 40.7 Å². The van der Waals surface area contributed by atoms with Crippen LogP contribution >= 0.6 is 0 Å². The quantitative estimate of drug-likeness (QED) is 0.806. The van der Waals surface area contributed by atoms with E-state index in [1.807, 2.05) is 20.8 Å². The third-order valence-electron chi connectivity index (χ3n) is 3.16. The van der Waals surface area contributed by atoms with Crippen molar-refractivity contribution < 1.29 is 4.79 Å². The molecule has 0 saturated heterocycles. The van der Waals surface area contributed by atoms with Gasteiger partial charge in [-0.05, 0) is 33.9 Å². The minimum atomic E-state index is -0.0431. The number of hydrogen-bond acceptors (Lipinski definition) is 3. The summed E-state index contributed by atoms with van der Waals surface area (Å²) in [5.41, 5.74) is 2.24. The largest absolute Gasteiger partial charge is 0.348 e. The summed E-state index contributed by atoms with van der Waals surface area (Å²) < 4.78 is 0. The fourth-order valence-electron chi connectivity index (χ4n) is 2.10. The molecule has 5 nitrogen and oxygen atoms in total. The summed E-state index contributed by atoms with van der Waals surface area (Å²) in [4.78, 5) is 14.4. The molecule has 1 rings (SSSR count). The molecule has 1 aromatic rings. The van der Waals surface area contributed by atoms with Crippen LogP contribution in [0.15, 0.2) is 0 Å². The first kappa shape index (κ1) is 14.7. The Balaban J connectivity index is 2.60. The second-order valence-corrected chi connectivity index (χ2v) is 4.67. The van der Waals surface area contributed by atoms with Crippen LogP contribution in [0.25, 0.3) is 0 Å². The Morgan fingerprint density at radius 3 is 2.44 bits per heavy atom. The maximum Gasteiger partial charge on any atom is 0.255 e. The Kier molecular flexibility index (Phi) is 5.34. The second kappa shape index (κ2) is 6.54. The molecular weight excluding hydrogens is 228 g/mol. The highest BCUT2D eigenvalue weighted by Gasteiger charge is 2.17. The molecule has 1 atom stereocenters. The van der Waals surface area contributed by atoms with Crippen LogP contribution in [-0.4, -0.2) is 46.7 Å². The van der Waals surface area contributed by atoms with Crippen LogP contribution in [0.5, 0.6) is 0 Å². The molecule has 1 amide bonds. The highest BCUT2D eigenvalue weighted by molar-refractivity contribution is 5.96. The molecule has 0 aromatic carbocycles. The molecule has 1 heterocycles. The number of aryl methyl sites for hydroxylation is 2. The Hall–Kier alpha value is -1.36. The summed E-state index contributed by atoms with van der Waals surface area (Å²) in [6.07, 6.45) is 0. The third-order valence-corrected chi connectivity index (χ3v) is 3.16. The van der Waals surface area contributed by atoms with E-state index in [2.05, 4.69) is 34.3 Å². The third kappa shape index (κ3) is 3.57. The van der Waals surface area contributed by atoms with E-state index in [4.69, 9.17) is 0 Å². The number of amides is 1. The summed E-state index contributed by atoms with van der Waals surface area (Å²) in [5.74, 6) is -0.0431. The van der Waals surface area contributed by atoms with Gasteiger partial charge in [-0.25, -0.2) is 0 Å². The topological polar surface area (TPSA) is 61.0 Å². The Morgan fingerprint density at radius 2 is 2.00 bits per heavy atom. The molecule has 0 aliphatic rings. The van der Waals surface area contributed by atoms with E-state index in [-0.39, 0.29) is 11.9 Å². The molecule has 0 fully saturated rings. The SMILES string of the molecule is CCN(CC)CC(C)NC(=O)c1c(C)n[nH]c1C. The van der Waals surface area contributed by atoms with Gasteiger partial charge in [-0.2, -0.15) is 5.10 Å². The fourth-order valence-corrected chi connectivity index (χ4v) is 2.10. The van der Waals surface area contributed by atoms with Crippen molar-refractivity contribution in [1.82, 2.24) is 20.4 Å². The summed E-state index contributed by atoms with van der Waals surface area (Å²) >= 11 is 0. The van der Waals surface area contributed by atoms with E-state index in [1.165, 1.54) is 0 Å². The number of nitrogens with one attached hydrogen (secondary N) is 2. The molecule has 0 spiro atoms. The molecule has 0 radical (unpaired) electrons. The minimum Gasteiger partial charge on any atom is -0.348 e. The van der Waals surface area contributed by atoms with Crippen LogP contribution in [-0.2, 0) is 0 Å². The zero-order chi connectivity index (χ0) is 13.7. The minimum absolute atomic E-state index is 0.0431. The monoisotopic (exact) mass is 252 g/mol. The first-order valence-corrected chi connectivity index (χ1v) is 6.54. The average molecular weight is 252 g/mol. The summed E-state index contributed by atoms with van der Waals surface area (Å²) in [6, 6.07) is 0.131. The second-order valence-electron chi connectivity index (χ2n) is 4.67. The number of carbonyl (C=O) groups is 1. The number of hydrogen-bond donors (Lipinski definition) is 2. The standard InChI is InChI=1S/C13H24N4O/c1-6-17(7-2)8-9(3)14-13(18)12-10(4)15-16-11(12)5/h9H,6-8H2,1-5H3,(H,14,18)(H,15,16). The number of rotatable bonds is 6. The molecule has 102 valence electrons. The summed E-state index contributed by atoms with van der Waals surface area (Å²) in [5, 5.41) is 9.90. The van der Waals surface area contributed by atoms with Crippen molar-refractivity contribution in [1.29, 1.82) is 0 Å². The van der Waals surface area contributed by atoms with Gasteiger partial charge >= 0.3 is 0 Å². The van der Waals surface area contributed by atoms with Gasteiger partial charge < -0.3 is 10.2 Å². The van der Waals surface area contributed by atoms with Gasteiger partial charge in [-0.1, -0.05) is 13.8 Å². The first-order chi connectivity index (χ1) is 8.49. The normalized spacial score (nSPS) is 12.8. The van der Waals surface area contributed by atoms with Gasteiger partial charge in [-0.3, -0.25) is 9.89 Å². The van der Waals surface area contributed by atoms with E-state index >= 15 is 0 Å². The maximum atomic E-state index is 12.1. The lowest BCUT2D eigenvalue weighted by atomic mass is 10.1. The highest BCUT2D eigenvalue weighted by Crippen LogP contribution is 2.09. The van der Waals surface area contributed by atoms with Crippen LogP contribution in [0, 0.1) is 13.8 Å². The van der Waals surface area contributed by atoms with Crippen LogP contribution in [0.2, 0.25) is 0 Å². The van der Waals surface area contributed by atoms with E-state index in [1.54, 1.807) is 0 Å². The summed E-state index contributed by atoms with van der Waals surface area (Å²) in [7, 11) is 0. The molecule has 1 aromatic heterocycles. The van der Waals surface area contributed by atoms with Crippen molar-refractivity contribution >= 4 is 5.91 Å². The zero-order valence-electron chi connectivity index (χ0n) is 12.0. The van der Waals surface area contributed by atoms with Crippen molar-refractivity contribution in [3.8, 4) is 0 Å². The van der Waals surface area contributed by atoms with Crippen molar-refractivity contribution in [2.75, 3.05) is 19.6 Å². The van der Waals surface area contributed by atoms with Crippen LogP contribution in [0.3, 0.4) is 0 Å². The van der Waals surface area contributed by atoms with Crippen LogP contribution in [0.4, 0.5) is 0 Å². The van der Waals surface area contributed by atoms with Gasteiger partial charge in [-0.15, -0.1) is 0 Å². The number of carbonyl (C=O) groups excluding carboxylic acids is 1. The van der Waals surface area contributed by atoms with Crippen molar-refractivity contribution in [3.63, 3.8) is 0 Å². The average Bonchev–Trinajstić information content (AvgIpc) is 2.65. The zero-order valence-corrected chi connectivity index (χ0v) is 12.0. The van der Waals surface area contributed by atoms with E-state index in [0.717, 1.165) is 31.0 Å². The predicted molar refractivity (Wildman–Crippen MR) is 72.8 cm³/mol. The molecule has 2 N–H and O–H groups in total. The molecule has 18 heavy (non-hydrogen) atoms. The first-order valence-electron chi connectivity index (χ1n) is 6.54. The van der Waals surface area contributed by atoms with Gasteiger partial charge in [0.2, 0.25) is 0 Å². The highest BCUT2D eigenvalue weighted by atomic mass is 16.1. The van der Waals surface area contributed by atoms with E-state index < -0.39 is 0 Å². The van der Waals surface area contributed by atoms with Gasteiger partial charge in [0.25, 0.3) is 5.91 Å². The lowest BCUT2D eigenvalue weighted by Crippen LogP contribution is -2.42. The van der Waals surface area contributed by atoms with E-state index in [9.17, 15) is 4.79 Å². The lowest BCUT2D eigenvalue weighted by Gasteiger charge is -2.23. The van der Waals surface area contributed by atoms with Crippen molar-refractivity contribution in [2.24, 2.45) is 0 Å². The van der Waals surface area contributed by atoms with Crippen molar-refractivity contribution in [3.05, 3.63) is 17.0 Å². The van der Waals surface area contributed by atoms with Gasteiger partial charge in [0.1, 0.15) is 0 Å². The fraction of sp³-hybridized carbons (Fsp3) is 0.692. The molecule has 0 aliphatic heterocycles. The molecule has 0 saturated carbocycles. The predicted octanol–water partition coefficient (Wildman–Crippen LogP) is 1.49. The lowest BCUT2D eigenvalue weighted by molar-refractivity contribution is 0.0929. The number of aromatic nitrogens is 2. The molecule has 5 heteroatoms. The number of H-pyrrole nitrogens is 1. The van der Waals surface area contributed by atoms with Gasteiger partial charge in [0, 0.05) is 18.3 Å². The number of aromatic amines is 1. The van der Waals surface area contributed by atoms with Gasteiger partial charge in [0.05, 0.1) is 11.3 Å². The molecular formula is C13H24N4O. The smallest absolute Gasteiger partial charge is 0.255 e. The Bertz CT molecular complexity index is 376. The number of nitrogens with zero attached hydrogens (tertiary/aromatic N) is 2. The number of likely N-dealkylation sites (N-methyl/N-ethyl adjacent to an activating group) is 1. The molecule has 0 bridgehead atoms. The van der Waals surface area contributed by atoms with E-state index in [0.29, 0.717) is 5.56 Å². The summed E-state index contributed by atoms with van der Waals surface area (Å²) in [6.45, 7) is 12.9. The Labute approximate surface area is 109 Å². The van der Waals surface area contributed by atoms with Crippen LogP contribution < -0.4 is 5.32 Å². The maximum absolute atomic E-state index is 12.1.